The summed E-state index contributed by atoms with van der Waals surface area (Å²) in [6, 6.07) is 7.62. The molecule has 0 atom stereocenters. The summed E-state index contributed by atoms with van der Waals surface area (Å²) < 4.78 is 5.33. The van der Waals surface area contributed by atoms with Crippen molar-refractivity contribution in [1.29, 1.82) is 0 Å². The Labute approximate surface area is 122 Å². The molecule has 0 fully saturated rings. The largest absolute Gasteiger partial charge is 0.495 e. The third-order valence-corrected chi connectivity index (χ3v) is 2.85. The number of para-hydroxylation sites is 2. The zero-order chi connectivity index (χ0) is 14.5. The number of methoxy groups -OCH3 is 1. The number of benzene rings is 1. The molecule has 0 aliphatic rings. The molecule has 1 aromatic carbocycles. The van der Waals surface area contributed by atoms with Crippen molar-refractivity contribution in [3.05, 3.63) is 29.5 Å². The van der Waals surface area contributed by atoms with Crippen LogP contribution in [0.1, 0.15) is 6.92 Å². The van der Waals surface area contributed by atoms with Gasteiger partial charge in [-0.25, -0.2) is 0 Å². The fraction of sp³-hybridized carbons (Fsp3) is 0.308. The number of ether oxygens (including phenoxy) is 1. The van der Waals surface area contributed by atoms with Gasteiger partial charge in [-0.05, 0) is 30.7 Å². The van der Waals surface area contributed by atoms with Crippen molar-refractivity contribution in [2.45, 2.75) is 6.92 Å². The maximum absolute atomic E-state index is 5.93. The van der Waals surface area contributed by atoms with Crippen molar-refractivity contribution >= 4 is 29.2 Å². The maximum atomic E-state index is 5.93. The smallest absolute Gasteiger partial charge is 0.235 e. The molecular formula is C13H16ClN5O. The zero-order valence-corrected chi connectivity index (χ0v) is 12.3. The highest BCUT2D eigenvalue weighted by atomic mass is 35.5. The van der Waals surface area contributed by atoms with Gasteiger partial charge in [0.15, 0.2) is 0 Å². The number of nitrogens with one attached hydrogen (secondary N) is 1. The summed E-state index contributed by atoms with van der Waals surface area (Å²) in [6.07, 6.45) is 0. The summed E-state index contributed by atoms with van der Waals surface area (Å²) in [6.45, 7) is 2.67. The molecule has 0 unspecified atom stereocenters. The van der Waals surface area contributed by atoms with E-state index in [-0.39, 0.29) is 5.28 Å². The molecule has 0 amide bonds. The van der Waals surface area contributed by atoms with Crippen molar-refractivity contribution in [2.75, 3.05) is 30.9 Å². The molecule has 0 saturated heterocycles. The van der Waals surface area contributed by atoms with Gasteiger partial charge in [0.1, 0.15) is 5.75 Å². The van der Waals surface area contributed by atoms with E-state index in [1.54, 1.807) is 12.0 Å². The van der Waals surface area contributed by atoms with Crippen LogP contribution in [-0.4, -0.2) is 35.7 Å². The van der Waals surface area contributed by atoms with Crippen LogP contribution in [-0.2, 0) is 0 Å². The van der Waals surface area contributed by atoms with Crippen molar-refractivity contribution in [3.63, 3.8) is 0 Å². The topological polar surface area (TPSA) is 63.2 Å². The predicted octanol–water partition coefficient (Wildman–Crippen LogP) is 2.73. The lowest BCUT2D eigenvalue weighted by Crippen LogP contribution is -2.16. The highest BCUT2D eigenvalue weighted by Crippen LogP contribution is 2.30. The summed E-state index contributed by atoms with van der Waals surface area (Å²) in [4.78, 5) is 14.3. The molecule has 2 aromatic rings. The molecular weight excluding hydrogens is 278 g/mol. The van der Waals surface area contributed by atoms with Gasteiger partial charge in [0.05, 0.1) is 12.8 Å². The molecule has 0 radical (unpaired) electrons. The van der Waals surface area contributed by atoms with E-state index in [4.69, 9.17) is 16.3 Å². The number of anilines is 3. The van der Waals surface area contributed by atoms with Gasteiger partial charge in [0.25, 0.3) is 0 Å². The van der Waals surface area contributed by atoms with Gasteiger partial charge in [0, 0.05) is 13.6 Å². The van der Waals surface area contributed by atoms with Crippen molar-refractivity contribution < 1.29 is 4.74 Å². The predicted molar refractivity (Wildman–Crippen MR) is 80.1 cm³/mol. The molecule has 1 heterocycles. The lowest BCUT2D eigenvalue weighted by atomic mass is 10.3. The minimum atomic E-state index is 0.146. The van der Waals surface area contributed by atoms with Crippen LogP contribution in [0.3, 0.4) is 0 Å². The van der Waals surface area contributed by atoms with Crippen molar-refractivity contribution in [3.8, 4) is 5.75 Å². The monoisotopic (exact) mass is 293 g/mol. The Hall–Kier alpha value is -2.08. The van der Waals surface area contributed by atoms with Crippen LogP contribution in [0.2, 0.25) is 5.28 Å². The summed E-state index contributed by atoms with van der Waals surface area (Å²) in [7, 11) is 3.47. The maximum Gasteiger partial charge on any atom is 0.235 e. The van der Waals surface area contributed by atoms with E-state index in [0.717, 1.165) is 11.4 Å². The summed E-state index contributed by atoms with van der Waals surface area (Å²) in [5, 5.41) is 3.17. The van der Waals surface area contributed by atoms with Gasteiger partial charge < -0.3 is 15.0 Å². The number of hydrogen-bond donors (Lipinski definition) is 1. The summed E-state index contributed by atoms with van der Waals surface area (Å²) in [5.41, 5.74) is 0.847. The Kier molecular flexibility index (Phi) is 4.57. The number of rotatable bonds is 5. The first-order chi connectivity index (χ1) is 9.65. The Morgan fingerprint density at radius 1 is 1.25 bits per heavy atom. The van der Waals surface area contributed by atoms with E-state index in [1.165, 1.54) is 0 Å². The van der Waals surface area contributed by atoms with Crippen LogP contribution >= 0.6 is 11.6 Å². The van der Waals surface area contributed by atoms with Crippen LogP contribution in [0.4, 0.5) is 17.6 Å². The minimum Gasteiger partial charge on any atom is -0.495 e. The quantitative estimate of drug-likeness (QED) is 0.914. The molecule has 0 saturated carbocycles. The fourth-order valence-corrected chi connectivity index (χ4v) is 1.90. The second-order valence-electron chi connectivity index (χ2n) is 3.99. The molecule has 7 heteroatoms. The molecule has 0 aliphatic carbocycles. The fourth-order valence-electron chi connectivity index (χ4n) is 1.74. The van der Waals surface area contributed by atoms with Crippen LogP contribution < -0.4 is 15.0 Å². The minimum absolute atomic E-state index is 0.146. The molecule has 1 N–H and O–H groups in total. The van der Waals surface area contributed by atoms with Crippen LogP contribution in [0.25, 0.3) is 0 Å². The number of nitrogens with zero attached hydrogens (tertiary/aromatic N) is 4. The second kappa shape index (κ2) is 6.38. The average Bonchev–Trinajstić information content (AvgIpc) is 2.46. The van der Waals surface area contributed by atoms with E-state index >= 15 is 0 Å². The Morgan fingerprint density at radius 3 is 2.70 bits per heavy atom. The third kappa shape index (κ3) is 3.08. The number of halogens is 1. The van der Waals surface area contributed by atoms with Gasteiger partial charge in [-0.2, -0.15) is 15.0 Å². The molecule has 106 valence electrons. The SMILES string of the molecule is CCNc1nc(Cl)nc(N(C)c2ccccc2OC)n1. The Balaban J connectivity index is 2.39. The third-order valence-electron chi connectivity index (χ3n) is 2.68. The van der Waals surface area contributed by atoms with E-state index in [2.05, 4.69) is 20.3 Å². The van der Waals surface area contributed by atoms with Crippen LogP contribution in [0, 0.1) is 0 Å². The lowest BCUT2D eigenvalue weighted by molar-refractivity contribution is 0.415. The van der Waals surface area contributed by atoms with Crippen molar-refractivity contribution in [2.24, 2.45) is 0 Å². The standard InChI is InChI=1S/C13H16ClN5O/c1-4-15-12-16-11(14)17-13(18-12)19(2)9-7-5-6-8-10(9)20-3/h5-8H,4H2,1-3H3,(H,15,16,17,18). The molecule has 0 spiro atoms. The molecule has 20 heavy (non-hydrogen) atoms. The van der Waals surface area contributed by atoms with Crippen molar-refractivity contribution in [1.82, 2.24) is 15.0 Å². The van der Waals surface area contributed by atoms with E-state index in [0.29, 0.717) is 18.4 Å². The first-order valence-corrected chi connectivity index (χ1v) is 6.55. The van der Waals surface area contributed by atoms with Gasteiger partial charge in [-0.1, -0.05) is 12.1 Å². The average molecular weight is 294 g/mol. The molecule has 2 rings (SSSR count). The second-order valence-corrected chi connectivity index (χ2v) is 4.33. The first-order valence-electron chi connectivity index (χ1n) is 6.18. The van der Waals surface area contributed by atoms with E-state index in [9.17, 15) is 0 Å². The van der Waals surface area contributed by atoms with Gasteiger partial charge in [-0.15, -0.1) is 0 Å². The van der Waals surface area contributed by atoms with Gasteiger partial charge in [-0.3, -0.25) is 0 Å². The van der Waals surface area contributed by atoms with Crippen LogP contribution in [0.5, 0.6) is 5.75 Å². The number of hydrogen-bond acceptors (Lipinski definition) is 6. The highest BCUT2D eigenvalue weighted by Gasteiger charge is 2.14. The Morgan fingerprint density at radius 2 is 2.00 bits per heavy atom. The lowest BCUT2D eigenvalue weighted by Gasteiger charge is -2.20. The van der Waals surface area contributed by atoms with Gasteiger partial charge >= 0.3 is 0 Å². The summed E-state index contributed by atoms with van der Waals surface area (Å²) in [5.74, 6) is 1.63. The Bertz CT molecular complexity index is 593. The first kappa shape index (κ1) is 14.3. The van der Waals surface area contributed by atoms with Gasteiger partial charge in [0.2, 0.25) is 17.2 Å². The van der Waals surface area contributed by atoms with E-state index < -0.39 is 0 Å². The molecule has 0 aliphatic heterocycles. The van der Waals surface area contributed by atoms with E-state index in [1.807, 2.05) is 38.2 Å². The molecule has 0 bridgehead atoms. The summed E-state index contributed by atoms with van der Waals surface area (Å²) >= 11 is 5.93. The normalized spacial score (nSPS) is 10.2. The highest BCUT2D eigenvalue weighted by molar-refractivity contribution is 6.28. The molecule has 1 aromatic heterocycles. The zero-order valence-electron chi connectivity index (χ0n) is 11.6. The van der Waals surface area contributed by atoms with Crippen LogP contribution in [0.15, 0.2) is 24.3 Å². The number of aromatic nitrogens is 3. The molecule has 6 nitrogen and oxygen atoms in total.